The standard InChI is InChI=1S/C17H17F3N4O2/c18-17(19,20)26-14-7-3-2-6-12(14)21-16(25)13-8-9-15(23-22-13)24-10-4-1-5-11-24/h2-3,6-9H,1,4-5,10-11H2,(H,21,25). The lowest BCUT2D eigenvalue weighted by atomic mass is 10.1. The number of alkyl halides is 3. The third-order valence-electron chi connectivity index (χ3n) is 3.92. The van der Waals surface area contributed by atoms with E-state index in [4.69, 9.17) is 0 Å². The first kappa shape index (κ1) is 18.0. The molecule has 0 unspecified atom stereocenters. The summed E-state index contributed by atoms with van der Waals surface area (Å²) in [7, 11) is 0. The van der Waals surface area contributed by atoms with E-state index in [1.54, 1.807) is 6.07 Å². The van der Waals surface area contributed by atoms with Gasteiger partial charge in [0.1, 0.15) is 0 Å². The zero-order valence-electron chi connectivity index (χ0n) is 13.8. The molecule has 1 fully saturated rings. The van der Waals surface area contributed by atoms with Crippen LogP contribution in [-0.2, 0) is 0 Å². The van der Waals surface area contributed by atoms with E-state index in [-0.39, 0.29) is 11.4 Å². The first-order valence-corrected chi connectivity index (χ1v) is 8.17. The summed E-state index contributed by atoms with van der Waals surface area (Å²) >= 11 is 0. The number of rotatable bonds is 4. The smallest absolute Gasteiger partial charge is 0.404 e. The summed E-state index contributed by atoms with van der Waals surface area (Å²) in [6.45, 7) is 1.78. The molecule has 1 N–H and O–H groups in total. The highest BCUT2D eigenvalue weighted by molar-refractivity contribution is 6.03. The third kappa shape index (κ3) is 4.62. The molecule has 2 heterocycles. The Labute approximate surface area is 148 Å². The number of aromatic nitrogens is 2. The zero-order chi connectivity index (χ0) is 18.6. The van der Waals surface area contributed by atoms with Gasteiger partial charge in [-0.15, -0.1) is 23.4 Å². The Morgan fingerprint density at radius 1 is 1.04 bits per heavy atom. The van der Waals surface area contributed by atoms with Crippen LogP contribution in [0.1, 0.15) is 29.8 Å². The van der Waals surface area contributed by atoms with Crippen molar-refractivity contribution < 1.29 is 22.7 Å². The number of hydrogen-bond acceptors (Lipinski definition) is 5. The van der Waals surface area contributed by atoms with E-state index in [2.05, 4.69) is 25.2 Å². The van der Waals surface area contributed by atoms with Crippen molar-refractivity contribution >= 4 is 17.4 Å². The zero-order valence-corrected chi connectivity index (χ0v) is 13.8. The second kappa shape index (κ2) is 7.59. The van der Waals surface area contributed by atoms with Gasteiger partial charge in [-0.25, -0.2) is 0 Å². The highest BCUT2D eigenvalue weighted by Crippen LogP contribution is 2.30. The van der Waals surface area contributed by atoms with Gasteiger partial charge < -0.3 is 15.0 Å². The number of piperidine rings is 1. The Balaban J connectivity index is 1.70. The average molecular weight is 366 g/mol. The summed E-state index contributed by atoms with van der Waals surface area (Å²) in [5.41, 5.74) is -0.0932. The van der Waals surface area contributed by atoms with Crippen LogP contribution < -0.4 is 15.0 Å². The summed E-state index contributed by atoms with van der Waals surface area (Å²) in [5.74, 6) is -0.478. The number of halogens is 3. The van der Waals surface area contributed by atoms with Crippen molar-refractivity contribution in [3.8, 4) is 5.75 Å². The van der Waals surface area contributed by atoms with Crippen molar-refractivity contribution in [3.05, 3.63) is 42.1 Å². The quantitative estimate of drug-likeness (QED) is 0.895. The summed E-state index contributed by atoms with van der Waals surface area (Å²) < 4.78 is 41.2. The normalized spacial score (nSPS) is 14.8. The molecule has 0 spiro atoms. The van der Waals surface area contributed by atoms with Crippen LogP contribution in [0.4, 0.5) is 24.7 Å². The van der Waals surface area contributed by atoms with Gasteiger partial charge in [-0.05, 0) is 43.5 Å². The lowest BCUT2D eigenvalue weighted by Gasteiger charge is -2.27. The van der Waals surface area contributed by atoms with E-state index >= 15 is 0 Å². The molecule has 1 aromatic heterocycles. The highest BCUT2D eigenvalue weighted by atomic mass is 19.4. The number of hydrogen-bond donors (Lipinski definition) is 1. The Morgan fingerprint density at radius 3 is 2.42 bits per heavy atom. The van der Waals surface area contributed by atoms with Gasteiger partial charge in [0.05, 0.1) is 5.69 Å². The molecule has 0 bridgehead atoms. The minimum atomic E-state index is -4.85. The summed E-state index contributed by atoms with van der Waals surface area (Å²) in [5, 5.41) is 10.3. The van der Waals surface area contributed by atoms with Crippen molar-refractivity contribution in [2.45, 2.75) is 25.6 Å². The number of nitrogens with one attached hydrogen (secondary N) is 1. The Kier molecular flexibility index (Phi) is 5.24. The van der Waals surface area contributed by atoms with E-state index in [1.165, 1.54) is 30.7 Å². The predicted octanol–water partition coefficient (Wildman–Crippen LogP) is 3.62. The summed E-state index contributed by atoms with van der Waals surface area (Å²) in [4.78, 5) is 14.3. The average Bonchev–Trinajstić information content (AvgIpc) is 2.63. The van der Waals surface area contributed by atoms with Gasteiger partial charge in [0.25, 0.3) is 5.91 Å². The maximum atomic E-state index is 12.4. The highest BCUT2D eigenvalue weighted by Gasteiger charge is 2.32. The van der Waals surface area contributed by atoms with E-state index in [0.717, 1.165) is 32.0 Å². The van der Waals surface area contributed by atoms with Crippen LogP contribution in [0.25, 0.3) is 0 Å². The molecule has 1 amide bonds. The number of benzene rings is 1. The molecule has 6 nitrogen and oxygen atoms in total. The molecule has 0 atom stereocenters. The van der Waals surface area contributed by atoms with Crippen LogP contribution >= 0.6 is 0 Å². The van der Waals surface area contributed by atoms with Crippen LogP contribution in [0.3, 0.4) is 0 Å². The molecular formula is C17H17F3N4O2. The topological polar surface area (TPSA) is 67.3 Å². The molecule has 138 valence electrons. The molecular weight excluding hydrogens is 349 g/mol. The number of para-hydroxylation sites is 2. The van der Waals surface area contributed by atoms with Crippen molar-refractivity contribution in [2.24, 2.45) is 0 Å². The van der Waals surface area contributed by atoms with Crippen LogP contribution in [0.2, 0.25) is 0 Å². The molecule has 9 heteroatoms. The van der Waals surface area contributed by atoms with Crippen molar-refractivity contribution in [2.75, 3.05) is 23.3 Å². The van der Waals surface area contributed by atoms with Gasteiger partial charge in [-0.1, -0.05) is 12.1 Å². The number of carbonyl (C=O) groups is 1. The van der Waals surface area contributed by atoms with Crippen LogP contribution in [0.15, 0.2) is 36.4 Å². The number of carbonyl (C=O) groups excluding carboxylic acids is 1. The van der Waals surface area contributed by atoms with Crippen LogP contribution in [0, 0.1) is 0 Å². The Hall–Kier alpha value is -2.84. The predicted molar refractivity (Wildman–Crippen MR) is 89.2 cm³/mol. The molecule has 1 saturated heterocycles. The molecule has 0 aliphatic carbocycles. The van der Waals surface area contributed by atoms with E-state index < -0.39 is 18.0 Å². The summed E-state index contributed by atoms with van der Waals surface area (Å²) in [6, 6.07) is 8.49. The van der Waals surface area contributed by atoms with Gasteiger partial charge in [0.2, 0.25) is 0 Å². The van der Waals surface area contributed by atoms with Gasteiger partial charge in [0, 0.05) is 13.1 Å². The van der Waals surface area contributed by atoms with Gasteiger partial charge in [-0.3, -0.25) is 4.79 Å². The lowest BCUT2D eigenvalue weighted by molar-refractivity contribution is -0.274. The monoisotopic (exact) mass is 366 g/mol. The number of amides is 1. The first-order valence-electron chi connectivity index (χ1n) is 8.17. The SMILES string of the molecule is O=C(Nc1ccccc1OC(F)(F)F)c1ccc(N2CCCCC2)nn1. The van der Waals surface area contributed by atoms with Crippen molar-refractivity contribution in [1.29, 1.82) is 0 Å². The lowest BCUT2D eigenvalue weighted by Crippen LogP contribution is -2.30. The van der Waals surface area contributed by atoms with Gasteiger partial charge in [-0.2, -0.15) is 0 Å². The Morgan fingerprint density at radius 2 is 1.77 bits per heavy atom. The molecule has 26 heavy (non-hydrogen) atoms. The number of ether oxygens (including phenoxy) is 1. The van der Waals surface area contributed by atoms with E-state index in [1.807, 2.05) is 0 Å². The van der Waals surface area contributed by atoms with Crippen molar-refractivity contribution in [1.82, 2.24) is 10.2 Å². The molecule has 0 saturated carbocycles. The number of nitrogens with zero attached hydrogens (tertiary/aromatic N) is 3. The van der Waals surface area contributed by atoms with E-state index in [9.17, 15) is 18.0 Å². The molecule has 1 aliphatic heterocycles. The molecule has 0 radical (unpaired) electrons. The van der Waals surface area contributed by atoms with Gasteiger partial charge >= 0.3 is 6.36 Å². The largest absolute Gasteiger partial charge is 0.573 e. The summed E-state index contributed by atoms with van der Waals surface area (Å²) in [6.07, 6.45) is -1.50. The third-order valence-corrected chi connectivity index (χ3v) is 3.92. The molecule has 1 aliphatic rings. The van der Waals surface area contributed by atoms with Crippen LogP contribution in [-0.4, -0.2) is 35.6 Å². The fraction of sp³-hybridized carbons (Fsp3) is 0.353. The first-order chi connectivity index (χ1) is 12.4. The Bertz CT molecular complexity index is 759. The van der Waals surface area contributed by atoms with Crippen molar-refractivity contribution in [3.63, 3.8) is 0 Å². The fourth-order valence-corrected chi connectivity index (χ4v) is 2.71. The second-order valence-electron chi connectivity index (χ2n) is 5.82. The fourth-order valence-electron chi connectivity index (χ4n) is 2.71. The van der Waals surface area contributed by atoms with Gasteiger partial charge in [0.15, 0.2) is 17.3 Å². The number of anilines is 2. The maximum absolute atomic E-state index is 12.4. The molecule has 1 aromatic carbocycles. The second-order valence-corrected chi connectivity index (χ2v) is 5.82. The van der Waals surface area contributed by atoms with E-state index in [0.29, 0.717) is 5.82 Å². The molecule has 2 aromatic rings. The minimum absolute atomic E-state index is 0.00701. The minimum Gasteiger partial charge on any atom is -0.404 e. The maximum Gasteiger partial charge on any atom is 0.573 e. The van der Waals surface area contributed by atoms with Crippen LogP contribution in [0.5, 0.6) is 5.75 Å². The molecule has 3 rings (SSSR count).